The van der Waals surface area contributed by atoms with Crippen LogP contribution in [0.5, 0.6) is 11.5 Å². The number of nitrogens with two attached hydrogens (primary N) is 1. The molecule has 0 radical (unpaired) electrons. The van der Waals surface area contributed by atoms with Crippen LogP contribution in [0.25, 0.3) is 0 Å². The Morgan fingerprint density at radius 1 is 1.29 bits per heavy atom. The number of hydrogen-bond acceptors (Lipinski definition) is 5. The number of amidine groups is 1. The third-order valence-electron chi connectivity index (χ3n) is 2.79. The molecule has 1 rings (SSSR count). The van der Waals surface area contributed by atoms with Crippen LogP contribution in [-0.4, -0.2) is 45.2 Å². The van der Waals surface area contributed by atoms with Gasteiger partial charge in [-0.25, -0.2) is 0 Å². The molecule has 0 atom stereocenters. The van der Waals surface area contributed by atoms with E-state index >= 15 is 0 Å². The second kappa shape index (κ2) is 7.37. The van der Waals surface area contributed by atoms with E-state index in [9.17, 15) is 15.0 Å². The molecule has 1 amide bonds. The number of phenols is 2. The van der Waals surface area contributed by atoms with Crippen LogP contribution in [0.2, 0.25) is 0 Å². The lowest BCUT2D eigenvalue weighted by Gasteiger charge is -2.24. The molecule has 0 saturated heterocycles. The monoisotopic (exact) mass is 295 g/mol. The van der Waals surface area contributed by atoms with Gasteiger partial charge in [0.05, 0.1) is 0 Å². The molecule has 0 unspecified atom stereocenters. The summed E-state index contributed by atoms with van der Waals surface area (Å²) in [4.78, 5) is 14.0. The minimum Gasteiger partial charge on any atom is -0.508 e. The normalized spacial score (nSPS) is 11.7. The van der Waals surface area contributed by atoms with Gasteiger partial charge in [-0.3, -0.25) is 4.79 Å². The van der Waals surface area contributed by atoms with E-state index in [-0.39, 0.29) is 47.7 Å². The highest BCUT2D eigenvalue weighted by atomic mass is 16.4. The molecule has 0 fully saturated rings. The van der Waals surface area contributed by atoms with Crippen LogP contribution in [0, 0.1) is 5.92 Å². The van der Waals surface area contributed by atoms with Gasteiger partial charge in [0, 0.05) is 31.1 Å². The number of oxime groups is 1. The molecule has 21 heavy (non-hydrogen) atoms. The van der Waals surface area contributed by atoms with Crippen molar-refractivity contribution in [3.63, 3.8) is 0 Å². The van der Waals surface area contributed by atoms with Gasteiger partial charge in [-0.05, 0) is 18.1 Å². The van der Waals surface area contributed by atoms with Crippen LogP contribution in [0.1, 0.15) is 30.6 Å². The fourth-order valence-corrected chi connectivity index (χ4v) is 1.92. The standard InChI is InChI=1S/C14H21N3O4/c1-9(2)8-17(4-3-13(15)16-21)14(20)10-5-11(18)7-12(19)6-10/h5-7,9,18-19,21H,3-4,8H2,1-2H3,(H2,15,16). The van der Waals surface area contributed by atoms with Crippen LogP contribution >= 0.6 is 0 Å². The van der Waals surface area contributed by atoms with Gasteiger partial charge >= 0.3 is 0 Å². The predicted molar refractivity (Wildman–Crippen MR) is 78.5 cm³/mol. The molecule has 0 aliphatic heterocycles. The highest BCUT2D eigenvalue weighted by molar-refractivity contribution is 5.95. The molecule has 7 nitrogen and oxygen atoms in total. The Morgan fingerprint density at radius 3 is 2.33 bits per heavy atom. The SMILES string of the molecule is CC(C)CN(CC/C(N)=N/O)C(=O)c1cc(O)cc(O)c1. The average molecular weight is 295 g/mol. The van der Waals surface area contributed by atoms with E-state index in [0.717, 1.165) is 6.07 Å². The zero-order valence-electron chi connectivity index (χ0n) is 12.2. The second-order valence-electron chi connectivity index (χ2n) is 5.22. The van der Waals surface area contributed by atoms with Gasteiger partial charge in [-0.2, -0.15) is 0 Å². The van der Waals surface area contributed by atoms with E-state index in [4.69, 9.17) is 10.9 Å². The van der Waals surface area contributed by atoms with Crippen molar-refractivity contribution >= 4 is 11.7 Å². The van der Waals surface area contributed by atoms with Gasteiger partial charge in [0.1, 0.15) is 17.3 Å². The Balaban J connectivity index is 2.93. The molecule has 0 aromatic heterocycles. The van der Waals surface area contributed by atoms with Crippen LogP contribution in [0.3, 0.4) is 0 Å². The largest absolute Gasteiger partial charge is 0.508 e. The van der Waals surface area contributed by atoms with Crippen LogP contribution in [0.15, 0.2) is 23.4 Å². The first-order chi connectivity index (χ1) is 9.83. The Hall–Kier alpha value is -2.44. The summed E-state index contributed by atoms with van der Waals surface area (Å²) in [5.41, 5.74) is 5.61. The molecule has 0 bridgehead atoms. The summed E-state index contributed by atoms with van der Waals surface area (Å²) in [5, 5.41) is 30.3. The van der Waals surface area contributed by atoms with E-state index in [0.29, 0.717) is 6.54 Å². The topological polar surface area (TPSA) is 119 Å². The van der Waals surface area contributed by atoms with E-state index in [1.165, 1.54) is 17.0 Å². The van der Waals surface area contributed by atoms with Crippen LogP contribution in [-0.2, 0) is 0 Å². The fraction of sp³-hybridized carbons (Fsp3) is 0.429. The van der Waals surface area contributed by atoms with E-state index in [1.54, 1.807) is 0 Å². The number of carbonyl (C=O) groups excluding carboxylic acids is 1. The van der Waals surface area contributed by atoms with Gasteiger partial charge in [-0.15, -0.1) is 0 Å². The summed E-state index contributed by atoms with van der Waals surface area (Å²) in [6.07, 6.45) is 0.236. The van der Waals surface area contributed by atoms with Crippen molar-refractivity contribution in [2.24, 2.45) is 16.8 Å². The zero-order chi connectivity index (χ0) is 16.0. The van der Waals surface area contributed by atoms with E-state index in [2.05, 4.69) is 5.16 Å². The minimum absolute atomic E-state index is 0.0373. The smallest absolute Gasteiger partial charge is 0.254 e. The first-order valence-corrected chi connectivity index (χ1v) is 6.62. The van der Waals surface area contributed by atoms with Gasteiger partial charge in [0.25, 0.3) is 5.91 Å². The Bertz CT molecular complexity index is 509. The molecule has 0 spiro atoms. The van der Waals surface area contributed by atoms with Crippen molar-refractivity contribution in [3.8, 4) is 11.5 Å². The Morgan fingerprint density at radius 2 is 1.86 bits per heavy atom. The molecule has 0 aliphatic rings. The van der Waals surface area contributed by atoms with Gasteiger partial charge in [-0.1, -0.05) is 19.0 Å². The summed E-state index contributed by atoms with van der Waals surface area (Å²) in [6, 6.07) is 3.73. The molecule has 1 aromatic carbocycles. The molecule has 5 N–H and O–H groups in total. The van der Waals surface area contributed by atoms with Crippen molar-refractivity contribution < 1.29 is 20.2 Å². The third kappa shape index (κ3) is 5.21. The lowest BCUT2D eigenvalue weighted by molar-refractivity contribution is 0.0739. The summed E-state index contributed by atoms with van der Waals surface area (Å²) in [5.74, 6) is -0.429. The van der Waals surface area contributed by atoms with Gasteiger partial charge < -0.3 is 26.1 Å². The van der Waals surface area contributed by atoms with E-state index < -0.39 is 0 Å². The number of nitrogens with zero attached hydrogens (tertiary/aromatic N) is 2. The van der Waals surface area contributed by atoms with E-state index in [1.807, 2.05) is 13.8 Å². The number of phenolic OH excluding ortho intramolecular Hbond substituents is 2. The summed E-state index contributed by atoms with van der Waals surface area (Å²) in [6.45, 7) is 4.69. The highest BCUT2D eigenvalue weighted by Crippen LogP contribution is 2.21. The number of carbonyl (C=O) groups is 1. The summed E-state index contributed by atoms with van der Waals surface area (Å²) >= 11 is 0. The molecule has 116 valence electrons. The molecule has 0 heterocycles. The van der Waals surface area contributed by atoms with Crippen molar-refractivity contribution in [1.29, 1.82) is 0 Å². The maximum Gasteiger partial charge on any atom is 0.254 e. The van der Waals surface area contributed by atoms with Crippen molar-refractivity contribution in [2.45, 2.75) is 20.3 Å². The first-order valence-electron chi connectivity index (χ1n) is 6.62. The van der Waals surface area contributed by atoms with Crippen molar-refractivity contribution in [3.05, 3.63) is 23.8 Å². The van der Waals surface area contributed by atoms with Gasteiger partial charge in [0.2, 0.25) is 0 Å². The maximum atomic E-state index is 12.4. The van der Waals surface area contributed by atoms with Crippen LogP contribution in [0.4, 0.5) is 0 Å². The number of hydrogen-bond donors (Lipinski definition) is 4. The quantitative estimate of drug-likeness (QED) is 0.273. The highest BCUT2D eigenvalue weighted by Gasteiger charge is 2.18. The predicted octanol–water partition coefficient (Wildman–Crippen LogP) is 1.33. The Labute approximate surface area is 123 Å². The number of rotatable bonds is 6. The molecule has 1 aromatic rings. The molecule has 0 saturated carbocycles. The first kappa shape index (κ1) is 16.6. The fourth-order valence-electron chi connectivity index (χ4n) is 1.92. The lowest BCUT2D eigenvalue weighted by Crippen LogP contribution is -2.36. The zero-order valence-corrected chi connectivity index (χ0v) is 12.2. The Kier molecular flexibility index (Phi) is 5.83. The number of aromatic hydroxyl groups is 2. The molecular weight excluding hydrogens is 274 g/mol. The number of benzene rings is 1. The van der Waals surface area contributed by atoms with Crippen LogP contribution < -0.4 is 5.73 Å². The van der Waals surface area contributed by atoms with Crippen molar-refractivity contribution in [2.75, 3.05) is 13.1 Å². The molecular formula is C14H21N3O4. The van der Waals surface area contributed by atoms with Gasteiger partial charge in [0.15, 0.2) is 0 Å². The molecule has 0 aliphatic carbocycles. The average Bonchev–Trinajstić information content (AvgIpc) is 2.40. The summed E-state index contributed by atoms with van der Waals surface area (Å²) < 4.78 is 0. The molecule has 7 heteroatoms. The van der Waals surface area contributed by atoms with Crippen molar-refractivity contribution in [1.82, 2.24) is 4.90 Å². The number of amides is 1. The second-order valence-corrected chi connectivity index (χ2v) is 5.22. The maximum absolute atomic E-state index is 12.4. The summed E-state index contributed by atoms with van der Waals surface area (Å²) in [7, 11) is 0. The third-order valence-corrected chi connectivity index (χ3v) is 2.79. The lowest BCUT2D eigenvalue weighted by atomic mass is 10.1. The minimum atomic E-state index is -0.333.